The highest BCUT2D eigenvalue weighted by Gasteiger charge is 2.61. The Hall–Kier alpha value is -2.91. The van der Waals surface area contributed by atoms with Crippen molar-refractivity contribution in [2.75, 3.05) is 18.6 Å². The maximum absolute atomic E-state index is 12.0. The number of carboxylic acids is 1. The van der Waals surface area contributed by atoms with Crippen LogP contribution in [0, 0.1) is 0 Å². The summed E-state index contributed by atoms with van der Waals surface area (Å²) in [5.74, 6) is -2.13. The van der Waals surface area contributed by atoms with Gasteiger partial charge in [0.05, 0.1) is 13.2 Å². The molecule has 1 saturated heterocycles. The maximum Gasteiger partial charge on any atom is 0.361 e. The van der Waals surface area contributed by atoms with Gasteiger partial charge in [-0.25, -0.2) is 19.7 Å². The van der Waals surface area contributed by atoms with Gasteiger partial charge in [0.1, 0.15) is 31.0 Å². The number of hydrazine groups is 1. The summed E-state index contributed by atoms with van der Waals surface area (Å²) >= 11 is 0. The van der Waals surface area contributed by atoms with Crippen LogP contribution in [0.15, 0.2) is 12.7 Å². The number of nitrogens with one attached hydrogen (secondary N) is 2. The molecule has 8 N–H and O–H groups in total. The third-order valence-electron chi connectivity index (χ3n) is 4.12. The Labute approximate surface area is 150 Å². The Morgan fingerprint density at radius 1 is 1.33 bits per heavy atom. The normalized spacial score (nSPS) is 27.6. The summed E-state index contributed by atoms with van der Waals surface area (Å²) in [6.07, 6.45) is -2.83. The van der Waals surface area contributed by atoms with Crippen molar-refractivity contribution in [2.24, 2.45) is 5.73 Å². The average molecular weight is 383 g/mol. The number of aliphatic hydroxyl groups excluding tert-OH is 3. The van der Waals surface area contributed by atoms with Crippen molar-refractivity contribution in [3.05, 3.63) is 12.7 Å². The van der Waals surface area contributed by atoms with E-state index in [9.17, 15) is 30.0 Å². The fraction of sp³-hybridized carbons (Fsp3) is 0.462. The number of amides is 1. The Morgan fingerprint density at radius 2 is 2.07 bits per heavy atom. The largest absolute Gasteiger partial charge is 0.478 e. The molecule has 3 heterocycles. The number of hydrogen-bond donors (Lipinski definition) is 7. The molecule has 3 rings (SSSR count). The molecule has 0 aliphatic carbocycles. The van der Waals surface area contributed by atoms with Gasteiger partial charge in [-0.15, -0.1) is 0 Å². The molecule has 1 aliphatic rings. The van der Waals surface area contributed by atoms with E-state index in [1.165, 1.54) is 0 Å². The summed E-state index contributed by atoms with van der Waals surface area (Å²) in [5, 5.41) is 39.3. The maximum atomic E-state index is 12.0. The molecular formula is C13H17N7O7. The quantitative estimate of drug-likeness (QED) is 0.238. The molecule has 0 unspecified atom stereocenters. The third kappa shape index (κ3) is 2.84. The van der Waals surface area contributed by atoms with Crippen LogP contribution < -0.4 is 16.6 Å². The second-order valence-electron chi connectivity index (χ2n) is 5.66. The number of aromatic nitrogens is 4. The molecule has 4 atom stereocenters. The fourth-order valence-electron chi connectivity index (χ4n) is 2.78. The minimum atomic E-state index is -2.48. The van der Waals surface area contributed by atoms with Crippen LogP contribution in [0.1, 0.15) is 0 Å². The number of carboxylic acid groups (broad SMARTS) is 1. The van der Waals surface area contributed by atoms with Gasteiger partial charge < -0.3 is 30.9 Å². The number of imidazole rings is 1. The first kappa shape index (κ1) is 18.9. The zero-order valence-corrected chi connectivity index (χ0v) is 13.7. The standard InChI is InChI=1S/C13H17N7O7/c14-1-6(22)18-19-10-7-11(16-3-15-10)20(4-17-7)13(12(25)26)9(24)8(23)5(2-21)27-13/h3-5,8-9,21,23-24H,1-2,14H2,(H,18,22)(H,25,26)(H,15,16,19)/t5-,8-,9-,13+/m1/s1. The predicted octanol–water partition coefficient (Wildman–Crippen LogP) is -3.92. The Kier molecular flexibility index (Phi) is 4.90. The lowest BCUT2D eigenvalue weighted by Crippen LogP contribution is -2.51. The second-order valence-corrected chi connectivity index (χ2v) is 5.66. The number of aliphatic hydroxyl groups is 3. The first-order chi connectivity index (χ1) is 12.9. The van der Waals surface area contributed by atoms with E-state index in [4.69, 9.17) is 10.5 Å². The number of carbonyl (C=O) groups is 2. The number of fused-ring (bicyclic) bond motifs is 1. The number of nitrogens with two attached hydrogens (primary N) is 1. The van der Waals surface area contributed by atoms with Crippen molar-refractivity contribution >= 4 is 28.9 Å². The zero-order chi connectivity index (χ0) is 19.8. The summed E-state index contributed by atoms with van der Waals surface area (Å²) in [4.78, 5) is 35.1. The summed E-state index contributed by atoms with van der Waals surface area (Å²) in [6.45, 7) is -0.995. The molecule has 0 aromatic carbocycles. The Bertz CT molecular complexity index is 874. The molecular weight excluding hydrogens is 366 g/mol. The van der Waals surface area contributed by atoms with E-state index in [1.54, 1.807) is 0 Å². The average Bonchev–Trinajstić information content (AvgIpc) is 3.20. The number of carbonyl (C=O) groups excluding carboxylic acids is 1. The molecule has 2 aromatic rings. The van der Waals surface area contributed by atoms with Crippen LogP contribution in [0.4, 0.5) is 5.82 Å². The zero-order valence-electron chi connectivity index (χ0n) is 13.7. The van der Waals surface area contributed by atoms with Crippen LogP contribution in [0.3, 0.4) is 0 Å². The van der Waals surface area contributed by atoms with Crippen molar-refractivity contribution in [3.8, 4) is 0 Å². The van der Waals surface area contributed by atoms with Gasteiger partial charge in [-0.1, -0.05) is 0 Å². The molecule has 27 heavy (non-hydrogen) atoms. The van der Waals surface area contributed by atoms with Crippen molar-refractivity contribution < 1.29 is 34.8 Å². The lowest BCUT2D eigenvalue weighted by molar-refractivity contribution is -0.194. The smallest absolute Gasteiger partial charge is 0.361 e. The van der Waals surface area contributed by atoms with Crippen LogP contribution in [0.2, 0.25) is 0 Å². The molecule has 0 bridgehead atoms. The Morgan fingerprint density at radius 3 is 2.67 bits per heavy atom. The summed E-state index contributed by atoms with van der Waals surface area (Å²) in [5.41, 5.74) is 7.42. The number of aliphatic carboxylic acids is 1. The van der Waals surface area contributed by atoms with Gasteiger partial charge in [-0.05, 0) is 0 Å². The minimum Gasteiger partial charge on any atom is -0.478 e. The number of nitrogens with zero attached hydrogens (tertiary/aromatic N) is 4. The van der Waals surface area contributed by atoms with E-state index in [1.807, 2.05) is 0 Å². The van der Waals surface area contributed by atoms with Crippen LogP contribution >= 0.6 is 0 Å². The van der Waals surface area contributed by atoms with Gasteiger partial charge in [0.25, 0.3) is 11.6 Å². The Balaban J connectivity index is 2.08. The molecule has 0 saturated carbocycles. The highest BCUT2D eigenvalue weighted by atomic mass is 16.6. The molecule has 0 radical (unpaired) electrons. The minimum absolute atomic E-state index is 0.0350. The number of ether oxygens (including phenoxy) is 1. The fourth-order valence-corrected chi connectivity index (χ4v) is 2.78. The third-order valence-corrected chi connectivity index (χ3v) is 4.12. The number of anilines is 1. The van der Waals surface area contributed by atoms with E-state index in [2.05, 4.69) is 25.8 Å². The van der Waals surface area contributed by atoms with E-state index >= 15 is 0 Å². The van der Waals surface area contributed by atoms with Crippen LogP contribution in [0.5, 0.6) is 0 Å². The van der Waals surface area contributed by atoms with Gasteiger partial charge in [0.15, 0.2) is 17.0 Å². The summed E-state index contributed by atoms with van der Waals surface area (Å²) in [6, 6.07) is 0. The molecule has 1 amide bonds. The highest BCUT2D eigenvalue weighted by molar-refractivity contribution is 5.87. The van der Waals surface area contributed by atoms with Crippen LogP contribution in [0.25, 0.3) is 11.2 Å². The second kappa shape index (κ2) is 7.01. The van der Waals surface area contributed by atoms with Crippen molar-refractivity contribution in [3.63, 3.8) is 0 Å². The van der Waals surface area contributed by atoms with E-state index in [0.717, 1.165) is 17.2 Å². The molecule has 14 heteroatoms. The molecule has 0 spiro atoms. The lowest BCUT2D eigenvalue weighted by Gasteiger charge is -2.28. The van der Waals surface area contributed by atoms with Crippen LogP contribution in [-0.2, 0) is 20.1 Å². The number of hydrogen-bond acceptors (Lipinski definition) is 11. The van der Waals surface area contributed by atoms with Crippen molar-refractivity contribution in [1.82, 2.24) is 24.9 Å². The summed E-state index contributed by atoms with van der Waals surface area (Å²) < 4.78 is 6.21. The van der Waals surface area contributed by atoms with Gasteiger partial charge in [0, 0.05) is 0 Å². The molecule has 146 valence electrons. The van der Waals surface area contributed by atoms with Gasteiger partial charge >= 0.3 is 5.97 Å². The molecule has 1 fully saturated rings. The molecule has 2 aromatic heterocycles. The van der Waals surface area contributed by atoms with Crippen molar-refractivity contribution in [2.45, 2.75) is 24.0 Å². The monoisotopic (exact) mass is 383 g/mol. The SMILES string of the molecule is NCC(=O)NNc1ncnc2c1ncn2[C@]1(C(=O)O)O[C@H](CO)[C@@H](O)[C@H]1O. The van der Waals surface area contributed by atoms with Gasteiger partial charge in [-0.2, -0.15) is 0 Å². The first-order valence-electron chi connectivity index (χ1n) is 7.68. The van der Waals surface area contributed by atoms with Gasteiger partial charge in [0.2, 0.25) is 0 Å². The first-order valence-corrected chi connectivity index (χ1v) is 7.68. The lowest BCUT2D eigenvalue weighted by atomic mass is 10.0. The van der Waals surface area contributed by atoms with Crippen LogP contribution in [-0.4, -0.2) is 83.3 Å². The highest BCUT2D eigenvalue weighted by Crippen LogP contribution is 2.38. The van der Waals surface area contributed by atoms with Crippen molar-refractivity contribution in [1.29, 1.82) is 0 Å². The van der Waals surface area contributed by atoms with Gasteiger partial charge in [-0.3, -0.25) is 20.2 Å². The molecule has 14 nitrogen and oxygen atoms in total. The van der Waals surface area contributed by atoms with E-state index in [0.29, 0.717) is 0 Å². The van der Waals surface area contributed by atoms with E-state index < -0.39 is 42.5 Å². The molecule has 1 aliphatic heterocycles. The van der Waals surface area contributed by atoms with E-state index in [-0.39, 0.29) is 23.5 Å². The predicted molar refractivity (Wildman–Crippen MR) is 85.7 cm³/mol. The topological polar surface area (TPSA) is 218 Å². The summed E-state index contributed by atoms with van der Waals surface area (Å²) in [7, 11) is 0. The number of rotatable bonds is 6.